The Morgan fingerprint density at radius 3 is 2.56 bits per heavy atom. The number of nitrogens with two attached hydrogens (primary N) is 1. The number of hydrogen-bond donors (Lipinski definition) is 1. The molecular formula is C19H23FN4O. The number of halogens is 1. The molecule has 2 N–H and O–H groups in total. The van der Waals surface area contributed by atoms with Crippen molar-refractivity contribution in [3.05, 3.63) is 65.7 Å². The van der Waals surface area contributed by atoms with E-state index >= 15 is 0 Å². The van der Waals surface area contributed by atoms with Gasteiger partial charge in [-0.2, -0.15) is 0 Å². The molecule has 2 heterocycles. The summed E-state index contributed by atoms with van der Waals surface area (Å²) in [6.45, 7) is 3.63. The van der Waals surface area contributed by atoms with Crippen molar-refractivity contribution in [2.24, 2.45) is 5.73 Å². The topological polar surface area (TPSA) is 62.5 Å². The van der Waals surface area contributed by atoms with Crippen LogP contribution in [-0.2, 0) is 11.2 Å². The summed E-state index contributed by atoms with van der Waals surface area (Å²) in [5.74, 6) is -0.295. The van der Waals surface area contributed by atoms with Crippen molar-refractivity contribution >= 4 is 5.91 Å². The molecule has 0 aliphatic carbocycles. The maximum absolute atomic E-state index is 13.6. The standard InChI is InChI=1S/C19H23FN4O/c20-17-14-22-8-6-15(17)7-9-23-10-12-24(13-11-23)19(25)18(21)16-4-2-1-3-5-16/h1-6,8,14,18H,7,9-13,21H2/t18-/m1/s1. The van der Waals surface area contributed by atoms with E-state index in [0.717, 1.165) is 25.2 Å². The Labute approximate surface area is 147 Å². The van der Waals surface area contributed by atoms with Crippen LogP contribution in [0.25, 0.3) is 0 Å². The lowest BCUT2D eigenvalue weighted by molar-refractivity contribution is -0.134. The van der Waals surface area contributed by atoms with Crippen LogP contribution in [0.15, 0.2) is 48.8 Å². The minimum atomic E-state index is -0.612. The van der Waals surface area contributed by atoms with E-state index in [0.29, 0.717) is 25.1 Å². The fourth-order valence-electron chi connectivity index (χ4n) is 3.08. The van der Waals surface area contributed by atoms with Crippen LogP contribution in [0.2, 0.25) is 0 Å². The highest BCUT2D eigenvalue weighted by atomic mass is 19.1. The molecule has 1 amide bonds. The zero-order chi connectivity index (χ0) is 17.6. The summed E-state index contributed by atoms with van der Waals surface area (Å²) in [5, 5.41) is 0. The van der Waals surface area contributed by atoms with Gasteiger partial charge in [-0.1, -0.05) is 30.3 Å². The molecule has 3 rings (SSSR count). The molecule has 1 fully saturated rings. The fourth-order valence-corrected chi connectivity index (χ4v) is 3.08. The Kier molecular flexibility index (Phi) is 5.73. The molecular weight excluding hydrogens is 319 g/mol. The van der Waals surface area contributed by atoms with E-state index in [1.807, 2.05) is 35.2 Å². The van der Waals surface area contributed by atoms with Crippen LogP contribution < -0.4 is 5.73 Å². The second kappa shape index (κ2) is 8.18. The lowest BCUT2D eigenvalue weighted by Crippen LogP contribution is -2.51. The summed E-state index contributed by atoms with van der Waals surface area (Å²) in [7, 11) is 0. The second-order valence-corrected chi connectivity index (χ2v) is 6.27. The molecule has 25 heavy (non-hydrogen) atoms. The van der Waals surface area contributed by atoms with Crippen molar-refractivity contribution in [1.82, 2.24) is 14.8 Å². The van der Waals surface area contributed by atoms with Gasteiger partial charge in [0.2, 0.25) is 5.91 Å². The molecule has 1 atom stereocenters. The van der Waals surface area contributed by atoms with Crippen molar-refractivity contribution in [3.8, 4) is 0 Å². The predicted molar refractivity (Wildman–Crippen MR) is 94.3 cm³/mol. The first-order chi connectivity index (χ1) is 12.1. The highest BCUT2D eigenvalue weighted by Crippen LogP contribution is 2.15. The Balaban J connectivity index is 1.48. The third-order valence-corrected chi connectivity index (χ3v) is 4.66. The molecule has 5 nitrogen and oxygen atoms in total. The number of nitrogens with zero attached hydrogens (tertiary/aromatic N) is 3. The molecule has 1 saturated heterocycles. The molecule has 0 spiro atoms. The number of carbonyl (C=O) groups excluding carboxylic acids is 1. The molecule has 2 aromatic rings. The van der Waals surface area contributed by atoms with Crippen LogP contribution in [0.4, 0.5) is 4.39 Å². The monoisotopic (exact) mass is 342 g/mol. The number of carbonyl (C=O) groups is 1. The summed E-state index contributed by atoms with van der Waals surface area (Å²) in [5.41, 5.74) is 7.62. The van der Waals surface area contributed by atoms with Crippen molar-refractivity contribution in [1.29, 1.82) is 0 Å². The average Bonchev–Trinajstić information content (AvgIpc) is 2.67. The third kappa shape index (κ3) is 4.41. The summed E-state index contributed by atoms with van der Waals surface area (Å²) >= 11 is 0. The molecule has 1 aromatic heterocycles. The van der Waals surface area contributed by atoms with E-state index in [2.05, 4.69) is 9.88 Å². The molecule has 1 aliphatic heterocycles. The third-order valence-electron chi connectivity index (χ3n) is 4.66. The normalized spacial score (nSPS) is 16.6. The van der Waals surface area contributed by atoms with Crippen molar-refractivity contribution in [2.45, 2.75) is 12.5 Å². The molecule has 0 radical (unpaired) electrons. The Hall–Kier alpha value is -2.31. The minimum Gasteiger partial charge on any atom is -0.338 e. The predicted octanol–water partition coefficient (Wildman–Crippen LogP) is 1.61. The summed E-state index contributed by atoms with van der Waals surface area (Å²) in [6.07, 6.45) is 3.50. The van der Waals surface area contributed by atoms with Crippen LogP contribution in [0.1, 0.15) is 17.2 Å². The van der Waals surface area contributed by atoms with Crippen molar-refractivity contribution in [2.75, 3.05) is 32.7 Å². The smallest absolute Gasteiger partial charge is 0.244 e. The first-order valence-electron chi connectivity index (χ1n) is 8.55. The molecule has 0 unspecified atom stereocenters. The molecule has 1 aromatic carbocycles. The van der Waals surface area contributed by atoms with Gasteiger partial charge in [0.15, 0.2) is 0 Å². The number of piperazine rings is 1. The van der Waals surface area contributed by atoms with Gasteiger partial charge in [0, 0.05) is 38.9 Å². The van der Waals surface area contributed by atoms with E-state index < -0.39 is 6.04 Å². The van der Waals surface area contributed by atoms with E-state index in [-0.39, 0.29) is 11.7 Å². The van der Waals surface area contributed by atoms with E-state index in [9.17, 15) is 9.18 Å². The van der Waals surface area contributed by atoms with Gasteiger partial charge in [0.05, 0.1) is 6.20 Å². The van der Waals surface area contributed by atoms with Crippen LogP contribution in [0.3, 0.4) is 0 Å². The molecule has 6 heteroatoms. The number of pyridine rings is 1. The van der Waals surface area contributed by atoms with Crippen LogP contribution in [0.5, 0.6) is 0 Å². The van der Waals surface area contributed by atoms with Gasteiger partial charge in [-0.25, -0.2) is 4.39 Å². The quantitative estimate of drug-likeness (QED) is 0.897. The van der Waals surface area contributed by atoms with Crippen LogP contribution in [-0.4, -0.2) is 53.4 Å². The van der Waals surface area contributed by atoms with Gasteiger partial charge in [0.1, 0.15) is 11.9 Å². The van der Waals surface area contributed by atoms with Crippen LogP contribution >= 0.6 is 0 Å². The van der Waals surface area contributed by atoms with E-state index in [1.165, 1.54) is 6.20 Å². The molecule has 0 bridgehead atoms. The van der Waals surface area contributed by atoms with Crippen molar-refractivity contribution < 1.29 is 9.18 Å². The van der Waals surface area contributed by atoms with Gasteiger partial charge in [0.25, 0.3) is 0 Å². The largest absolute Gasteiger partial charge is 0.338 e. The van der Waals surface area contributed by atoms with E-state index in [4.69, 9.17) is 5.73 Å². The Morgan fingerprint density at radius 2 is 1.88 bits per heavy atom. The minimum absolute atomic E-state index is 0.0361. The van der Waals surface area contributed by atoms with E-state index in [1.54, 1.807) is 12.3 Å². The summed E-state index contributed by atoms with van der Waals surface area (Å²) in [6, 6.07) is 10.5. The number of hydrogen-bond acceptors (Lipinski definition) is 4. The lowest BCUT2D eigenvalue weighted by Gasteiger charge is -2.36. The van der Waals surface area contributed by atoms with Gasteiger partial charge >= 0.3 is 0 Å². The number of rotatable bonds is 5. The SMILES string of the molecule is N[C@@H](C(=O)N1CCN(CCc2ccncc2F)CC1)c1ccccc1. The molecule has 0 saturated carbocycles. The highest BCUT2D eigenvalue weighted by Gasteiger charge is 2.26. The van der Waals surface area contributed by atoms with Crippen molar-refractivity contribution in [3.63, 3.8) is 0 Å². The zero-order valence-electron chi connectivity index (χ0n) is 14.1. The zero-order valence-corrected chi connectivity index (χ0v) is 14.1. The highest BCUT2D eigenvalue weighted by molar-refractivity contribution is 5.83. The summed E-state index contributed by atoms with van der Waals surface area (Å²) in [4.78, 5) is 20.4. The van der Waals surface area contributed by atoms with Gasteiger partial charge in [-0.05, 0) is 23.6 Å². The maximum atomic E-state index is 13.6. The van der Waals surface area contributed by atoms with Crippen LogP contribution in [0, 0.1) is 5.82 Å². The Bertz CT molecular complexity index is 702. The Morgan fingerprint density at radius 1 is 1.16 bits per heavy atom. The first kappa shape index (κ1) is 17.5. The number of amides is 1. The fraction of sp³-hybridized carbons (Fsp3) is 0.368. The average molecular weight is 342 g/mol. The molecule has 1 aliphatic rings. The molecule has 132 valence electrons. The van der Waals surface area contributed by atoms with Gasteiger partial charge in [-0.15, -0.1) is 0 Å². The number of aromatic nitrogens is 1. The second-order valence-electron chi connectivity index (χ2n) is 6.27. The lowest BCUT2D eigenvalue weighted by atomic mass is 10.1. The maximum Gasteiger partial charge on any atom is 0.244 e. The van der Waals surface area contributed by atoms with Gasteiger partial charge in [-0.3, -0.25) is 14.7 Å². The first-order valence-corrected chi connectivity index (χ1v) is 8.55. The van der Waals surface area contributed by atoms with Gasteiger partial charge < -0.3 is 10.6 Å². The summed E-state index contributed by atoms with van der Waals surface area (Å²) < 4.78 is 13.6. The number of benzene rings is 1.